The predicted molar refractivity (Wildman–Crippen MR) is 159 cm³/mol. The molecule has 0 unspecified atom stereocenters. The molecule has 3 heterocycles. The number of fused-ring (bicyclic) bond motifs is 1. The molecule has 2 aromatic carbocycles. The van der Waals surface area contributed by atoms with Crippen LogP contribution >= 0.6 is 0 Å². The monoisotopic (exact) mass is 716 g/mol. The molecule has 11 nitrogen and oxygen atoms in total. The molecule has 2 saturated heterocycles. The summed E-state index contributed by atoms with van der Waals surface area (Å²) in [5.74, 6) is -4.13. The van der Waals surface area contributed by atoms with Gasteiger partial charge in [-0.3, -0.25) is 0 Å². The maximum Gasteiger partial charge on any atom is 0.418 e. The Morgan fingerprint density at radius 1 is 0.800 bits per heavy atom. The van der Waals surface area contributed by atoms with Crippen LogP contribution in [0.25, 0.3) is 0 Å². The number of carbonyl (C=O) groups is 3. The lowest BCUT2D eigenvalue weighted by atomic mass is 9.87. The van der Waals surface area contributed by atoms with Crippen LogP contribution in [-0.4, -0.2) is 92.6 Å². The third kappa shape index (κ3) is 8.06. The van der Waals surface area contributed by atoms with Gasteiger partial charge in [-0.1, -0.05) is 24.3 Å². The molecule has 0 bridgehead atoms. The first-order valence-corrected chi connectivity index (χ1v) is 15.6. The van der Waals surface area contributed by atoms with Crippen molar-refractivity contribution in [3.63, 3.8) is 0 Å². The van der Waals surface area contributed by atoms with Crippen LogP contribution in [0.15, 0.2) is 60.7 Å². The first kappa shape index (κ1) is 37.1. The van der Waals surface area contributed by atoms with E-state index in [0.29, 0.717) is 13.0 Å². The summed E-state index contributed by atoms with van der Waals surface area (Å²) in [7, 11) is 1.45. The van der Waals surface area contributed by atoms with E-state index in [4.69, 9.17) is 28.4 Å². The third-order valence-corrected chi connectivity index (χ3v) is 8.52. The van der Waals surface area contributed by atoms with E-state index in [1.54, 1.807) is 0 Å². The summed E-state index contributed by atoms with van der Waals surface area (Å²) in [6, 6.07) is 8.48. The molecule has 17 heteroatoms. The molecule has 0 atom stereocenters. The molecular formula is C33H34F6N2O9. The Morgan fingerprint density at radius 3 is 1.88 bits per heavy atom. The molecule has 1 amide bonds. The molecular weight excluding hydrogens is 682 g/mol. The van der Waals surface area contributed by atoms with Crippen LogP contribution in [0.3, 0.4) is 0 Å². The number of carbonyl (C=O) groups excluding carboxylic acids is 3. The number of hydrogen-bond acceptors (Lipinski definition) is 10. The molecule has 2 fully saturated rings. The van der Waals surface area contributed by atoms with Crippen LogP contribution in [0.4, 0.5) is 31.1 Å². The van der Waals surface area contributed by atoms with Crippen molar-refractivity contribution in [3.05, 3.63) is 82.9 Å². The lowest BCUT2D eigenvalue weighted by Gasteiger charge is -2.45. The largest absolute Gasteiger partial charge is 0.432 e. The Hall–Kier alpha value is -4.19. The Balaban J connectivity index is 1.27. The number of alkyl halides is 6. The van der Waals surface area contributed by atoms with Gasteiger partial charge in [-0.15, -0.1) is 0 Å². The summed E-state index contributed by atoms with van der Waals surface area (Å²) >= 11 is 0. The van der Waals surface area contributed by atoms with Crippen molar-refractivity contribution in [2.45, 2.75) is 49.2 Å². The number of likely N-dealkylation sites (tertiary alicyclic amines) is 1. The minimum Gasteiger partial charge on any atom is -0.432 e. The summed E-state index contributed by atoms with van der Waals surface area (Å²) in [6.45, 7) is 0.694. The average Bonchev–Trinajstić information content (AvgIpc) is 3.15. The van der Waals surface area contributed by atoms with Crippen molar-refractivity contribution in [1.29, 1.82) is 0 Å². The van der Waals surface area contributed by atoms with Crippen LogP contribution in [0.5, 0.6) is 0 Å². The lowest BCUT2D eigenvalue weighted by molar-refractivity contribution is -0.320. The van der Waals surface area contributed by atoms with Crippen LogP contribution < -0.4 is 0 Å². The number of halogens is 6. The number of benzene rings is 2. The highest BCUT2D eigenvalue weighted by atomic mass is 19.4. The van der Waals surface area contributed by atoms with Crippen LogP contribution in [-0.2, 0) is 50.4 Å². The minimum absolute atomic E-state index is 0.0325. The van der Waals surface area contributed by atoms with E-state index < -0.39 is 65.9 Å². The van der Waals surface area contributed by atoms with E-state index in [1.165, 1.54) is 31.4 Å². The topological polar surface area (TPSA) is 113 Å². The molecule has 2 aromatic rings. The van der Waals surface area contributed by atoms with Crippen molar-refractivity contribution >= 4 is 18.0 Å². The zero-order valence-electron chi connectivity index (χ0n) is 26.8. The summed E-state index contributed by atoms with van der Waals surface area (Å²) in [6.07, 6.45) is -9.32. The summed E-state index contributed by atoms with van der Waals surface area (Å²) in [5.41, 5.74) is -3.46. The van der Waals surface area contributed by atoms with E-state index in [9.17, 15) is 40.7 Å². The van der Waals surface area contributed by atoms with Gasteiger partial charge in [0.1, 0.15) is 12.8 Å². The first-order chi connectivity index (χ1) is 23.7. The Morgan fingerprint density at radius 2 is 1.36 bits per heavy atom. The summed E-state index contributed by atoms with van der Waals surface area (Å²) in [5, 5.41) is 0. The smallest absolute Gasteiger partial charge is 0.418 e. The van der Waals surface area contributed by atoms with Gasteiger partial charge in [-0.05, 0) is 41.8 Å². The second kappa shape index (κ2) is 15.0. The normalized spacial score (nSPS) is 19.2. The second-order valence-corrected chi connectivity index (χ2v) is 11.8. The van der Waals surface area contributed by atoms with Crippen LogP contribution in [0.1, 0.15) is 47.6 Å². The maximum atomic E-state index is 13.5. The fourth-order valence-electron chi connectivity index (χ4n) is 6.07. The number of methoxy groups -OCH3 is 1. The number of hydrogen-bond donors (Lipinski definition) is 0. The first-order valence-electron chi connectivity index (χ1n) is 15.6. The highest BCUT2D eigenvalue weighted by molar-refractivity contribution is 5.94. The van der Waals surface area contributed by atoms with E-state index in [1.807, 2.05) is 4.90 Å². The van der Waals surface area contributed by atoms with Crippen molar-refractivity contribution in [1.82, 2.24) is 9.80 Å². The second-order valence-electron chi connectivity index (χ2n) is 11.8. The quantitative estimate of drug-likeness (QED) is 0.160. The molecule has 3 aliphatic rings. The number of amides is 1. The maximum absolute atomic E-state index is 13.5. The predicted octanol–water partition coefficient (Wildman–Crippen LogP) is 5.44. The van der Waals surface area contributed by atoms with Gasteiger partial charge in [0, 0.05) is 58.3 Å². The summed E-state index contributed by atoms with van der Waals surface area (Å²) in [4.78, 5) is 41.0. The standard InChI is InChI=1S/C33H34F6N2O9/c1-45-17-18-46-21-41-29(44)50-30(33(41)48-26(42)9-10-27(43)49-33)11-14-40(15-12-30)13-4-16-47-28(22-5-2-7-24(19-22)31(34,35)36)23-6-3-8-25(20-23)32(37,38)39/h2-3,5-10,19-20,28H,4,11-18,21H2,1H3. The molecule has 0 radical (unpaired) electrons. The third-order valence-electron chi connectivity index (χ3n) is 8.52. The zero-order valence-corrected chi connectivity index (χ0v) is 26.8. The van der Waals surface area contributed by atoms with Crippen LogP contribution in [0, 0.1) is 0 Å². The van der Waals surface area contributed by atoms with E-state index in [0.717, 1.165) is 41.3 Å². The van der Waals surface area contributed by atoms with Crippen molar-refractivity contribution in [2.24, 2.45) is 0 Å². The average molecular weight is 717 g/mol. The fourth-order valence-corrected chi connectivity index (χ4v) is 6.07. The highest BCUT2D eigenvalue weighted by Crippen LogP contribution is 2.48. The molecule has 0 saturated carbocycles. The van der Waals surface area contributed by atoms with Gasteiger partial charge in [0.15, 0.2) is 0 Å². The number of piperidine rings is 1. The number of esters is 2. The highest BCUT2D eigenvalue weighted by Gasteiger charge is 2.72. The van der Waals surface area contributed by atoms with Gasteiger partial charge in [-0.25, -0.2) is 19.3 Å². The molecule has 0 aromatic heterocycles. The minimum atomic E-state index is -4.68. The van der Waals surface area contributed by atoms with Crippen molar-refractivity contribution in [2.75, 3.05) is 53.3 Å². The molecule has 0 aliphatic carbocycles. The van der Waals surface area contributed by atoms with Gasteiger partial charge in [0.2, 0.25) is 5.60 Å². The summed E-state index contributed by atoms with van der Waals surface area (Å²) < 4.78 is 114. The SMILES string of the molecule is COCCOCN1C(=O)OC2(CCN(CCCOC(c3cccc(C(F)(F)F)c3)c3cccc(C(F)(F)F)c3)CC2)C12OC(=O)C=CC(=O)O2. The van der Waals surface area contributed by atoms with Crippen LogP contribution in [0.2, 0.25) is 0 Å². The van der Waals surface area contributed by atoms with E-state index in [2.05, 4.69) is 0 Å². The lowest BCUT2D eigenvalue weighted by Crippen LogP contribution is -2.66. The van der Waals surface area contributed by atoms with Crippen molar-refractivity contribution in [3.8, 4) is 0 Å². The van der Waals surface area contributed by atoms with Gasteiger partial charge in [0.05, 0.1) is 24.3 Å². The zero-order chi connectivity index (χ0) is 36.2. The van der Waals surface area contributed by atoms with Crippen molar-refractivity contribution < 1.29 is 69.1 Å². The number of rotatable bonds is 12. The molecule has 3 aliphatic heterocycles. The van der Waals surface area contributed by atoms with Gasteiger partial charge < -0.3 is 33.3 Å². The number of nitrogens with zero attached hydrogens (tertiary/aromatic N) is 2. The Labute approximate surface area is 282 Å². The fraction of sp³-hybridized carbons (Fsp3) is 0.485. The molecule has 50 heavy (non-hydrogen) atoms. The van der Waals surface area contributed by atoms with E-state index in [-0.39, 0.29) is 56.9 Å². The molecule has 2 spiro atoms. The molecule has 0 N–H and O–H groups in total. The van der Waals surface area contributed by atoms with E-state index >= 15 is 0 Å². The Bertz CT molecular complexity index is 1500. The molecule has 5 rings (SSSR count). The molecule has 272 valence electrons. The van der Waals surface area contributed by atoms with Gasteiger partial charge in [0.25, 0.3) is 0 Å². The van der Waals surface area contributed by atoms with Gasteiger partial charge >= 0.3 is 36.3 Å². The number of ether oxygens (including phenoxy) is 6. The Kier molecular flexibility index (Phi) is 11.1. The van der Waals surface area contributed by atoms with Gasteiger partial charge in [-0.2, -0.15) is 26.3 Å².